The highest BCUT2D eigenvalue weighted by Gasteiger charge is 1.95. The monoisotopic (exact) mass is 223 g/mol. The molecule has 0 bridgehead atoms. The molecule has 13 heavy (non-hydrogen) atoms. The van der Waals surface area contributed by atoms with Gasteiger partial charge in [-0.1, -0.05) is 12.8 Å². The van der Waals surface area contributed by atoms with Crippen LogP contribution in [0.4, 0.5) is 0 Å². The van der Waals surface area contributed by atoms with Gasteiger partial charge in [0.05, 0.1) is 0 Å². The lowest BCUT2D eigenvalue weighted by molar-refractivity contribution is -0.118. The molecule has 1 N–H and O–H groups in total. The van der Waals surface area contributed by atoms with Gasteiger partial charge in [0, 0.05) is 6.54 Å². The Kier molecular flexibility index (Phi) is 10.3. The summed E-state index contributed by atoms with van der Waals surface area (Å²) in [7, 11) is 0. The number of hydrogen-bond acceptors (Lipinski definition) is 2. The van der Waals surface area contributed by atoms with Gasteiger partial charge in [-0.3, -0.25) is 4.79 Å². The van der Waals surface area contributed by atoms with E-state index in [1.807, 2.05) is 11.8 Å². The highest BCUT2D eigenvalue weighted by atomic mass is 35.5. The van der Waals surface area contributed by atoms with Crippen molar-refractivity contribution in [3.05, 3.63) is 0 Å². The van der Waals surface area contributed by atoms with E-state index in [4.69, 9.17) is 11.6 Å². The topological polar surface area (TPSA) is 29.1 Å². The number of hydrogen-bond donors (Lipinski definition) is 1. The van der Waals surface area contributed by atoms with Gasteiger partial charge in [-0.15, -0.1) is 11.6 Å². The Hall–Kier alpha value is 0.110. The Labute approximate surface area is 89.8 Å². The molecule has 0 atom stereocenters. The molecule has 0 aromatic rings. The minimum absolute atomic E-state index is 0.0641. The Bertz CT molecular complexity index is 133. The predicted octanol–water partition coefficient (Wildman–Crippen LogP) is 2.26. The molecule has 0 aromatic heterocycles. The predicted molar refractivity (Wildman–Crippen MR) is 60.6 cm³/mol. The third kappa shape index (κ3) is 10.0. The van der Waals surface area contributed by atoms with Crippen molar-refractivity contribution in [2.75, 3.05) is 24.4 Å². The minimum Gasteiger partial charge on any atom is -0.355 e. The molecule has 0 spiro atoms. The normalized spacial score (nSPS) is 10.0. The molecule has 4 heteroatoms. The zero-order valence-corrected chi connectivity index (χ0v) is 9.72. The SMILES string of the molecule is CSCCCCCCNC(=O)CCl. The Morgan fingerprint density at radius 2 is 2.00 bits per heavy atom. The van der Waals surface area contributed by atoms with Crippen molar-refractivity contribution in [3.63, 3.8) is 0 Å². The lowest BCUT2D eigenvalue weighted by Gasteiger charge is -2.02. The van der Waals surface area contributed by atoms with Gasteiger partial charge in [-0.2, -0.15) is 11.8 Å². The number of halogens is 1. The standard InChI is InChI=1S/C9H18ClNOS/c1-13-7-5-3-2-4-6-11-9(12)8-10/h2-8H2,1H3,(H,11,12). The first kappa shape index (κ1) is 13.1. The van der Waals surface area contributed by atoms with Crippen LogP contribution in [-0.4, -0.2) is 30.3 Å². The maximum Gasteiger partial charge on any atom is 0.234 e. The second kappa shape index (κ2) is 10.2. The number of rotatable bonds is 8. The number of unbranched alkanes of at least 4 members (excludes halogenated alkanes) is 3. The van der Waals surface area contributed by atoms with Crippen molar-refractivity contribution in [3.8, 4) is 0 Å². The van der Waals surface area contributed by atoms with Gasteiger partial charge in [-0.05, 0) is 24.9 Å². The molecule has 0 aliphatic carbocycles. The number of amides is 1. The summed E-state index contributed by atoms with van der Waals surface area (Å²) in [5.41, 5.74) is 0. The molecular formula is C9H18ClNOS. The van der Waals surface area contributed by atoms with Crippen molar-refractivity contribution in [1.82, 2.24) is 5.32 Å². The second-order valence-corrected chi connectivity index (χ2v) is 4.14. The largest absolute Gasteiger partial charge is 0.355 e. The van der Waals surface area contributed by atoms with Gasteiger partial charge in [0.15, 0.2) is 0 Å². The molecule has 0 fully saturated rings. The molecule has 2 nitrogen and oxygen atoms in total. The molecule has 0 saturated carbocycles. The van der Waals surface area contributed by atoms with Crippen LogP contribution in [0.15, 0.2) is 0 Å². The van der Waals surface area contributed by atoms with Crippen LogP contribution in [0, 0.1) is 0 Å². The van der Waals surface area contributed by atoms with Crippen molar-refractivity contribution in [2.45, 2.75) is 25.7 Å². The van der Waals surface area contributed by atoms with E-state index in [1.54, 1.807) is 0 Å². The molecular weight excluding hydrogens is 206 g/mol. The summed E-state index contributed by atoms with van der Waals surface area (Å²) in [6.45, 7) is 0.769. The van der Waals surface area contributed by atoms with E-state index in [1.165, 1.54) is 25.0 Å². The highest BCUT2D eigenvalue weighted by molar-refractivity contribution is 7.98. The zero-order chi connectivity index (χ0) is 9.94. The van der Waals surface area contributed by atoms with Gasteiger partial charge < -0.3 is 5.32 Å². The van der Waals surface area contributed by atoms with Crippen LogP contribution in [0.5, 0.6) is 0 Å². The van der Waals surface area contributed by atoms with Crippen LogP contribution < -0.4 is 5.32 Å². The summed E-state index contributed by atoms with van der Waals surface area (Å²) in [6.07, 6.45) is 6.93. The van der Waals surface area contributed by atoms with E-state index >= 15 is 0 Å². The number of carbonyl (C=O) groups excluding carboxylic acids is 1. The second-order valence-electron chi connectivity index (χ2n) is 2.89. The van der Waals surface area contributed by atoms with E-state index in [9.17, 15) is 4.79 Å². The van der Waals surface area contributed by atoms with Crippen molar-refractivity contribution >= 4 is 29.3 Å². The smallest absolute Gasteiger partial charge is 0.234 e. The van der Waals surface area contributed by atoms with E-state index in [0.717, 1.165) is 13.0 Å². The van der Waals surface area contributed by atoms with Crippen LogP contribution in [0.3, 0.4) is 0 Å². The van der Waals surface area contributed by atoms with Crippen molar-refractivity contribution in [2.24, 2.45) is 0 Å². The lowest BCUT2D eigenvalue weighted by atomic mass is 10.2. The molecule has 78 valence electrons. The van der Waals surface area contributed by atoms with Gasteiger partial charge in [0.25, 0.3) is 0 Å². The Balaban J connectivity index is 2.95. The molecule has 0 radical (unpaired) electrons. The summed E-state index contributed by atoms with van der Waals surface area (Å²) in [5.74, 6) is 1.26. The van der Waals surface area contributed by atoms with Crippen LogP contribution in [0.2, 0.25) is 0 Å². The molecule has 0 unspecified atom stereocenters. The quantitative estimate of drug-likeness (QED) is 0.505. The lowest BCUT2D eigenvalue weighted by Crippen LogP contribution is -2.25. The number of thioether (sulfide) groups is 1. The summed E-state index contributed by atoms with van der Waals surface area (Å²) >= 11 is 7.21. The first-order chi connectivity index (χ1) is 6.31. The summed E-state index contributed by atoms with van der Waals surface area (Å²) in [6, 6.07) is 0. The average Bonchev–Trinajstić information content (AvgIpc) is 2.16. The molecule has 0 aromatic carbocycles. The van der Waals surface area contributed by atoms with E-state index in [2.05, 4.69) is 11.6 Å². The molecule has 1 amide bonds. The molecule has 0 heterocycles. The van der Waals surface area contributed by atoms with E-state index < -0.39 is 0 Å². The summed E-state index contributed by atoms with van der Waals surface area (Å²) < 4.78 is 0. The van der Waals surface area contributed by atoms with Crippen molar-refractivity contribution in [1.29, 1.82) is 0 Å². The van der Waals surface area contributed by atoms with Crippen LogP contribution in [0.25, 0.3) is 0 Å². The van der Waals surface area contributed by atoms with Gasteiger partial charge in [-0.25, -0.2) is 0 Å². The maximum absolute atomic E-state index is 10.7. The molecule has 0 aliphatic rings. The average molecular weight is 224 g/mol. The minimum atomic E-state index is -0.0641. The molecule has 0 aliphatic heterocycles. The fourth-order valence-electron chi connectivity index (χ4n) is 1.00. The summed E-state index contributed by atoms with van der Waals surface area (Å²) in [5, 5.41) is 2.75. The number of carbonyl (C=O) groups is 1. The third-order valence-electron chi connectivity index (χ3n) is 1.72. The Morgan fingerprint density at radius 1 is 1.31 bits per heavy atom. The fraction of sp³-hybridized carbons (Fsp3) is 0.889. The summed E-state index contributed by atoms with van der Waals surface area (Å²) in [4.78, 5) is 10.7. The molecule has 0 rings (SSSR count). The van der Waals surface area contributed by atoms with Gasteiger partial charge in [0.1, 0.15) is 5.88 Å². The van der Waals surface area contributed by atoms with Crippen molar-refractivity contribution < 1.29 is 4.79 Å². The number of alkyl halides is 1. The van der Waals surface area contributed by atoms with Crippen LogP contribution in [-0.2, 0) is 4.79 Å². The third-order valence-corrected chi connectivity index (χ3v) is 2.66. The first-order valence-corrected chi connectivity index (χ1v) is 6.55. The van der Waals surface area contributed by atoms with E-state index in [0.29, 0.717) is 0 Å². The van der Waals surface area contributed by atoms with Gasteiger partial charge in [0.2, 0.25) is 5.91 Å². The zero-order valence-electron chi connectivity index (χ0n) is 8.14. The Morgan fingerprint density at radius 3 is 2.62 bits per heavy atom. The fourth-order valence-corrected chi connectivity index (χ4v) is 1.59. The number of nitrogens with one attached hydrogen (secondary N) is 1. The van der Waals surface area contributed by atoms with E-state index in [-0.39, 0.29) is 11.8 Å². The maximum atomic E-state index is 10.7. The highest BCUT2D eigenvalue weighted by Crippen LogP contribution is 2.03. The van der Waals surface area contributed by atoms with Crippen LogP contribution >= 0.6 is 23.4 Å². The van der Waals surface area contributed by atoms with Gasteiger partial charge >= 0.3 is 0 Å². The first-order valence-electron chi connectivity index (χ1n) is 4.63. The van der Waals surface area contributed by atoms with Crippen LogP contribution in [0.1, 0.15) is 25.7 Å². The molecule has 0 saturated heterocycles.